The fourth-order valence-corrected chi connectivity index (χ4v) is 3.87. The zero-order valence-corrected chi connectivity index (χ0v) is 13.9. The van der Waals surface area contributed by atoms with E-state index in [1.165, 1.54) is 0 Å². The van der Waals surface area contributed by atoms with E-state index in [9.17, 15) is 19.8 Å². The predicted octanol–water partition coefficient (Wildman–Crippen LogP) is -0.0713. The molecule has 0 N–H and O–H groups in total. The van der Waals surface area contributed by atoms with Crippen LogP contribution in [0.15, 0.2) is 17.1 Å². The van der Waals surface area contributed by atoms with Crippen LogP contribution in [0, 0.1) is 0 Å². The quantitative estimate of drug-likeness (QED) is 0.395. The Kier molecular flexibility index (Phi) is 6.95. The van der Waals surface area contributed by atoms with Crippen LogP contribution in [-0.4, -0.2) is 46.4 Å². The highest BCUT2D eigenvalue weighted by molar-refractivity contribution is 8.14. The van der Waals surface area contributed by atoms with Gasteiger partial charge in [-0.2, -0.15) is 0 Å². The number of rotatable bonds is 5. The first-order chi connectivity index (χ1) is 11.1. The fraction of sp³-hybridized carbons (Fsp3) is 0.688. The summed E-state index contributed by atoms with van der Waals surface area (Å²) in [5.41, 5.74) is 0. The molecule has 1 saturated heterocycles. The number of likely N-dealkylation sites (tertiary alicyclic amines) is 1. The summed E-state index contributed by atoms with van der Waals surface area (Å²) in [4.78, 5) is 28.8. The SMILES string of the molecule is O=C([O-])C[C@@H](SC(=N[C@@H]1C=CCCC1)N1CCCCC1)C(=O)[O-]. The van der Waals surface area contributed by atoms with Crippen molar-refractivity contribution in [3.63, 3.8) is 0 Å². The normalized spacial score (nSPS) is 23.6. The molecule has 2 atom stereocenters. The molecule has 0 aromatic carbocycles. The first kappa shape index (κ1) is 17.8. The molecule has 0 bridgehead atoms. The van der Waals surface area contributed by atoms with Crippen LogP contribution >= 0.6 is 11.8 Å². The topological polar surface area (TPSA) is 95.9 Å². The van der Waals surface area contributed by atoms with Gasteiger partial charge in [0.25, 0.3) is 0 Å². The monoisotopic (exact) mass is 338 g/mol. The Bertz CT molecular complexity index is 486. The highest BCUT2D eigenvalue weighted by Crippen LogP contribution is 2.24. The number of aliphatic imine (C=N–C) groups is 1. The molecule has 0 aromatic heterocycles. The molecule has 23 heavy (non-hydrogen) atoms. The van der Waals surface area contributed by atoms with Crippen molar-refractivity contribution in [2.75, 3.05) is 13.1 Å². The minimum atomic E-state index is -1.39. The van der Waals surface area contributed by atoms with E-state index in [-0.39, 0.29) is 6.04 Å². The van der Waals surface area contributed by atoms with Crippen molar-refractivity contribution in [2.45, 2.75) is 56.2 Å². The van der Waals surface area contributed by atoms with E-state index in [4.69, 9.17) is 4.99 Å². The predicted molar refractivity (Wildman–Crippen MR) is 85.6 cm³/mol. The van der Waals surface area contributed by atoms with E-state index in [1.807, 2.05) is 6.08 Å². The van der Waals surface area contributed by atoms with Crippen LogP contribution in [0.1, 0.15) is 44.9 Å². The molecule has 1 heterocycles. The van der Waals surface area contributed by atoms with Crippen LogP contribution in [-0.2, 0) is 9.59 Å². The van der Waals surface area contributed by atoms with Crippen LogP contribution in [0.2, 0.25) is 0 Å². The summed E-state index contributed by atoms with van der Waals surface area (Å²) in [6.07, 6.45) is 9.84. The van der Waals surface area contributed by atoms with Gasteiger partial charge in [0.2, 0.25) is 0 Å². The van der Waals surface area contributed by atoms with Gasteiger partial charge in [-0.05, 0) is 38.5 Å². The second-order valence-electron chi connectivity index (χ2n) is 5.89. The van der Waals surface area contributed by atoms with Gasteiger partial charge in [0, 0.05) is 25.5 Å². The molecule has 0 unspecified atom stereocenters. The number of amidine groups is 1. The van der Waals surface area contributed by atoms with E-state index >= 15 is 0 Å². The van der Waals surface area contributed by atoms with Gasteiger partial charge in [-0.25, -0.2) is 0 Å². The molecule has 0 amide bonds. The molecule has 2 rings (SSSR count). The van der Waals surface area contributed by atoms with Crippen molar-refractivity contribution >= 4 is 28.9 Å². The Morgan fingerprint density at radius 2 is 1.96 bits per heavy atom. The number of hydrogen-bond donors (Lipinski definition) is 0. The Balaban J connectivity index is 2.15. The van der Waals surface area contributed by atoms with Crippen molar-refractivity contribution in [2.24, 2.45) is 4.99 Å². The number of allylic oxidation sites excluding steroid dienone is 1. The van der Waals surface area contributed by atoms with E-state index in [2.05, 4.69) is 11.0 Å². The lowest BCUT2D eigenvalue weighted by Crippen LogP contribution is -2.42. The van der Waals surface area contributed by atoms with E-state index in [0.29, 0.717) is 5.17 Å². The van der Waals surface area contributed by atoms with Crippen molar-refractivity contribution in [1.82, 2.24) is 4.90 Å². The third kappa shape index (κ3) is 5.89. The Morgan fingerprint density at radius 3 is 2.52 bits per heavy atom. The number of carboxylic acids is 2. The van der Waals surface area contributed by atoms with Gasteiger partial charge in [0.1, 0.15) is 0 Å². The van der Waals surface area contributed by atoms with Gasteiger partial charge in [-0.1, -0.05) is 23.9 Å². The summed E-state index contributed by atoms with van der Waals surface area (Å²) in [5.74, 6) is -2.77. The molecule has 128 valence electrons. The van der Waals surface area contributed by atoms with Gasteiger partial charge in [0.15, 0.2) is 5.17 Å². The molecule has 1 aliphatic heterocycles. The summed E-state index contributed by atoms with van der Waals surface area (Å²) in [5, 5.41) is 21.5. The second kappa shape index (κ2) is 8.96. The lowest BCUT2D eigenvalue weighted by molar-refractivity contribution is -0.314. The summed E-state index contributed by atoms with van der Waals surface area (Å²) in [6, 6.07) is 0.0403. The van der Waals surface area contributed by atoms with E-state index in [1.54, 1.807) is 0 Å². The lowest BCUT2D eigenvalue weighted by atomic mass is 10.0. The van der Waals surface area contributed by atoms with Gasteiger partial charge in [-0.3, -0.25) is 4.99 Å². The summed E-state index contributed by atoms with van der Waals surface area (Å²) >= 11 is 0.986. The highest BCUT2D eigenvalue weighted by atomic mass is 32.2. The number of carbonyl (C=O) groups excluding carboxylic acids is 2. The first-order valence-electron chi connectivity index (χ1n) is 8.13. The summed E-state index contributed by atoms with van der Waals surface area (Å²) < 4.78 is 0. The van der Waals surface area contributed by atoms with Crippen LogP contribution in [0.4, 0.5) is 0 Å². The average Bonchev–Trinajstić information content (AvgIpc) is 2.54. The largest absolute Gasteiger partial charge is 0.550 e. The first-order valence-corrected chi connectivity index (χ1v) is 9.01. The Morgan fingerprint density at radius 1 is 1.22 bits per heavy atom. The zero-order valence-electron chi connectivity index (χ0n) is 13.1. The molecule has 2 aliphatic rings. The number of nitrogens with zero attached hydrogens (tertiary/aromatic N) is 2. The van der Waals surface area contributed by atoms with E-state index in [0.717, 1.165) is 63.4 Å². The summed E-state index contributed by atoms with van der Waals surface area (Å²) in [7, 11) is 0. The second-order valence-corrected chi connectivity index (χ2v) is 7.06. The third-order valence-corrected chi connectivity index (χ3v) is 5.21. The van der Waals surface area contributed by atoms with Gasteiger partial charge in [0.05, 0.1) is 17.3 Å². The van der Waals surface area contributed by atoms with E-state index < -0.39 is 23.6 Å². The molecule has 0 spiro atoms. The maximum absolute atomic E-state index is 11.2. The minimum Gasteiger partial charge on any atom is -0.550 e. The third-order valence-electron chi connectivity index (χ3n) is 3.99. The molecule has 7 heteroatoms. The summed E-state index contributed by atoms with van der Waals surface area (Å²) in [6.45, 7) is 1.65. The maximum atomic E-state index is 11.2. The van der Waals surface area contributed by atoms with Crippen LogP contribution in [0.5, 0.6) is 0 Å². The number of thioether (sulfide) groups is 1. The molecule has 1 aliphatic carbocycles. The number of aliphatic carboxylic acids is 2. The molecular weight excluding hydrogens is 316 g/mol. The van der Waals surface area contributed by atoms with Crippen molar-refractivity contribution in [1.29, 1.82) is 0 Å². The standard InChI is InChI=1S/C16H24N2O4S/c19-14(20)11-13(15(21)22)23-16(18-9-5-2-6-10-18)17-12-7-3-1-4-8-12/h3,7,12-13H,1-2,4-6,8-11H2,(H,19,20)(H,21,22)/p-2/t12-,13-/m1/s1. The number of piperidine rings is 1. The fourth-order valence-electron chi connectivity index (χ4n) is 2.77. The number of hydrogen-bond acceptors (Lipinski definition) is 6. The molecule has 1 fully saturated rings. The van der Waals surface area contributed by atoms with Gasteiger partial charge < -0.3 is 24.7 Å². The van der Waals surface area contributed by atoms with Gasteiger partial charge >= 0.3 is 0 Å². The average molecular weight is 338 g/mol. The van der Waals surface area contributed by atoms with Gasteiger partial charge in [-0.15, -0.1) is 0 Å². The highest BCUT2D eigenvalue weighted by Gasteiger charge is 2.22. The molecule has 0 radical (unpaired) electrons. The smallest absolute Gasteiger partial charge is 0.160 e. The van der Waals surface area contributed by atoms with Crippen molar-refractivity contribution in [3.8, 4) is 0 Å². The molecule has 0 aromatic rings. The van der Waals surface area contributed by atoms with Crippen LogP contribution in [0.3, 0.4) is 0 Å². The number of carboxylic acid groups (broad SMARTS) is 2. The zero-order chi connectivity index (χ0) is 16.7. The molecule has 6 nitrogen and oxygen atoms in total. The Labute approximate surface area is 140 Å². The minimum absolute atomic E-state index is 0.0403. The lowest BCUT2D eigenvalue weighted by Gasteiger charge is -2.32. The molecule has 0 saturated carbocycles. The maximum Gasteiger partial charge on any atom is 0.160 e. The molecular formula is C16H22N2O4S-2. The Hall–Kier alpha value is -1.50. The van der Waals surface area contributed by atoms with Crippen molar-refractivity contribution < 1.29 is 19.8 Å². The number of carbonyl (C=O) groups is 2. The van der Waals surface area contributed by atoms with Crippen LogP contribution in [0.25, 0.3) is 0 Å². The van der Waals surface area contributed by atoms with Crippen LogP contribution < -0.4 is 10.2 Å². The van der Waals surface area contributed by atoms with Crippen molar-refractivity contribution in [3.05, 3.63) is 12.2 Å².